The van der Waals surface area contributed by atoms with E-state index in [1.54, 1.807) is 18.5 Å². The third-order valence-corrected chi connectivity index (χ3v) is 3.36. The summed E-state index contributed by atoms with van der Waals surface area (Å²) < 4.78 is 6.64. The van der Waals surface area contributed by atoms with Gasteiger partial charge in [0.25, 0.3) is 0 Å². The maximum atomic E-state index is 11.9. The van der Waals surface area contributed by atoms with Crippen LogP contribution in [0.2, 0.25) is 0 Å². The molecule has 0 aliphatic rings. The molecule has 6 heteroatoms. The molecule has 1 atom stereocenters. The number of carbonyl (C=O) groups excluding carboxylic acids is 1. The lowest BCUT2D eigenvalue weighted by molar-refractivity contribution is -0.146. The van der Waals surface area contributed by atoms with Gasteiger partial charge in [0, 0.05) is 0 Å². The molecule has 21 heavy (non-hydrogen) atoms. The van der Waals surface area contributed by atoms with E-state index in [4.69, 9.17) is 4.74 Å². The van der Waals surface area contributed by atoms with Gasteiger partial charge in [0.15, 0.2) is 5.65 Å². The van der Waals surface area contributed by atoms with Crippen LogP contribution in [0.4, 0.5) is 0 Å². The first-order valence-corrected chi connectivity index (χ1v) is 6.90. The average molecular weight is 284 g/mol. The molecule has 2 heterocycles. The minimum absolute atomic E-state index is 0.322. The molecule has 0 saturated heterocycles. The van der Waals surface area contributed by atoms with E-state index >= 15 is 0 Å². The number of benzene rings is 1. The summed E-state index contributed by atoms with van der Waals surface area (Å²) in [6.45, 7) is 5.74. The molecule has 0 amide bonds. The average Bonchev–Trinajstić information content (AvgIpc) is 2.81. The maximum Gasteiger partial charge on any atom is 0.330 e. The number of rotatable bonds is 3. The summed E-state index contributed by atoms with van der Waals surface area (Å²) >= 11 is 0. The summed E-state index contributed by atoms with van der Waals surface area (Å²) in [5, 5.41) is 4.41. The first-order chi connectivity index (χ1) is 10.1. The molecule has 0 N–H and O–H groups in total. The fraction of sp³-hybridized carbons (Fsp3) is 0.333. The molecule has 0 saturated carbocycles. The van der Waals surface area contributed by atoms with Crippen LogP contribution in [0.3, 0.4) is 0 Å². The zero-order valence-corrected chi connectivity index (χ0v) is 12.2. The monoisotopic (exact) mass is 284 g/mol. The molecular formula is C15H16N4O2. The lowest BCUT2D eigenvalue weighted by atomic mass is 10.3. The number of hydrogen-bond donors (Lipinski definition) is 0. The van der Waals surface area contributed by atoms with Crippen molar-refractivity contribution in [2.45, 2.75) is 26.8 Å². The van der Waals surface area contributed by atoms with E-state index in [9.17, 15) is 4.79 Å². The van der Waals surface area contributed by atoms with Crippen molar-refractivity contribution in [3.8, 4) is 0 Å². The molecule has 108 valence electrons. The Morgan fingerprint density at radius 1 is 1.29 bits per heavy atom. The van der Waals surface area contributed by atoms with Gasteiger partial charge in [-0.1, -0.05) is 12.1 Å². The number of nitrogens with zero attached hydrogens (tertiary/aromatic N) is 4. The summed E-state index contributed by atoms with van der Waals surface area (Å²) in [6, 6.07) is 7.10. The number of fused-ring (bicyclic) bond motifs is 2. The molecule has 6 nitrogen and oxygen atoms in total. The van der Waals surface area contributed by atoms with Crippen LogP contribution in [0.5, 0.6) is 0 Å². The molecule has 0 aliphatic heterocycles. The Balaban J connectivity index is 2.19. The number of aromatic nitrogens is 4. The van der Waals surface area contributed by atoms with Gasteiger partial charge in [-0.3, -0.25) is 0 Å². The van der Waals surface area contributed by atoms with E-state index in [0.29, 0.717) is 17.8 Å². The van der Waals surface area contributed by atoms with Gasteiger partial charge in [0.05, 0.1) is 23.3 Å². The zero-order valence-electron chi connectivity index (χ0n) is 12.2. The van der Waals surface area contributed by atoms with E-state index in [1.165, 1.54) is 0 Å². The Bertz CT molecular complexity index is 825. The van der Waals surface area contributed by atoms with Gasteiger partial charge >= 0.3 is 5.97 Å². The van der Waals surface area contributed by atoms with Crippen molar-refractivity contribution in [3.05, 3.63) is 30.0 Å². The van der Waals surface area contributed by atoms with Crippen LogP contribution in [0.25, 0.3) is 22.2 Å². The van der Waals surface area contributed by atoms with Crippen LogP contribution in [-0.4, -0.2) is 32.3 Å². The highest BCUT2D eigenvalue weighted by Gasteiger charge is 2.22. The van der Waals surface area contributed by atoms with Crippen molar-refractivity contribution in [1.29, 1.82) is 0 Å². The van der Waals surface area contributed by atoms with Crippen molar-refractivity contribution in [3.63, 3.8) is 0 Å². The number of para-hydroxylation sites is 2. The predicted octanol–water partition coefficient (Wildman–Crippen LogP) is 2.41. The van der Waals surface area contributed by atoms with Crippen molar-refractivity contribution in [2.24, 2.45) is 0 Å². The van der Waals surface area contributed by atoms with Gasteiger partial charge < -0.3 is 4.74 Å². The summed E-state index contributed by atoms with van der Waals surface area (Å²) in [7, 11) is 0. The summed E-state index contributed by atoms with van der Waals surface area (Å²) in [5.74, 6) is -0.322. The van der Waals surface area contributed by atoms with Gasteiger partial charge in [-0.15, -0.1) is 0 Å². The SMILES string of the molecule is CCOC(=O)C(C)n1nc(C)c2nc3ccccc3nc21. The van der Waals surface area contributed by atoms with Crippen molar-refractivity contribution in [1.82, 2.24) is 19.7 Å². The smallest absolute Gasteiger partial charge is 0.330 e. The van der Waals surface area contributed by atoms with Gasteiger partial charge in [-0.05, 0) is 32.9 Å². The highest BCUT2D eigenvalue weighted by Crippen LogP contribution is 2.22. The minimum Gasteiger partial charge on any atom is -0.464 e. The molecule has 0 fully saturated rings. The molecule has 0 radical (unpaired) electrons. The Kier molecular flexibility index (Phi) is 3.29. The highest BCUT2D eigenvalue weighted by molar-refractivity contribution is 5.86. The number of carbonyl (C=O) groups is 1. The van der Waals surface area contributed by atoms with Crippen LogP contribution in [0.15, 0.2) is 24.3 Å². The third-order valence-electron chi connectivity index (χ3n) is 3.36. The van der Waals surface area contributed by atoms with E-state index in [-0.39, 0.29) is 5.97 Å². The number of ether oxygens (including phenoxy) is 1. The molecule has 2 aromatic heterocycles. The molecular weight excluding hydrogens is 268 g/mol. The van der Waals surface area contributed by atoms with Gasteiger partial charge in [0.1, 0.15) is 11.6 Å². The molecule has 0 spiro atoms. The zero-order chi connectivity index (χ0) is 15.0. The third kappa shape index (κ3) is 2.22. The Labute approximate surface area is 121 Å². The van der Waals surface area contributed by atoms with E-state index in [2.05, 4.69) is 15.1 Å². The summed E-state index contributed by atoms with van der Waals surface area (Å²) in [4.78, 5) is 21.1. The van der Waals surface area contributed by atoms with E-state index in [0.717, 1.165) is 16.7 Å². The number of esters is 1. The first kappa shape index (κ1) is 13.5. The fourth-order valence-corrected chi connectivity index (χ4v) is 2.28. The van der Waals surface area contributed by atoms with Crippen LogP contribution < -0.4 is 0 Å². The first-order valence-electron chi connectivity index (χ1n) is 6.90. The van der Waals surface area contributed by atoms with Crippen LogP contribution in [0.1, 0.15) is 25.6 Å². The van der Waals surface area contributed by atoms with Crippen molar-refractivity contribution < 1.29 is 9.53 Å². The quantitative estimate of drug-likeness (QED) is 0.691. The maximum absolute atomic E-state index is 11.9. The second-order valence-corrected chi connectivity index (χ2v) is 4.84. The van der Waals surface area contributed by atoms with Crippen molar-refractivity contribution >= 4 is 28.2 Å². The van der Waals surface area contributed by atoms with E-state index in [1.807, 2.05) is 31.2 Å². The fourth-order valence-electron chi connectivity index (χ4n) is 2.28. The van der Waals surface area contributed by atoms with Crippen LogP contribution >= 0.6 is 0 Å². The van der Waals surface area contributed by atoms with Crippen LogP contribution in [0, 0.1) is 6.92 Å². The normalized spacial score (nSPS) is 12.7. The molecule has 3 aromatic rings. The lowest BCUT2D eigenvalue weighted by Gasteiger charge is -2.11. The lowest BCUT2D eigenvalue weighted by Crippen LogP contribution is -2.20. The summed E-state index contributed by atoms with van der Waals surface area (Å²) in [6.07, 6.45) is 0. The molecule has 3 rings (SSSR count). The largest absolute Gasteiger partial charge is 0.464 e. The second-order valence-electron chi connectivity index (χ2n) is 4.84. The molecule has 0 aliphatic carbocycles. The Hall–Kier alpha value is -2.50. The standard InChI is InChI=1S/C15H16N4O2/c1-4-21-15(20)10(3)19-14-13(9(2)18-19)16-11-7-5-6-8-12(11)17-14/h5-8,10H,4H2,1-3H3. The number of aryl methyl sites for hydroxylation is 1. The van der Waals surface area contributed by atoms with Gasteiger partial charge in [-0.2, -0.15) is 5.10 Å². The van der Waals surface area contributed by atoms with Gasteiger partial charge in [-0.25, -0.2) is 19.4 Å². The Morgan fingerprint density at radius 3 is 2.62 bits per heavy atom. The number of hydrogen-bond acceptors (Lipinski definition) is 5. The van der Waals surface area contributed by atoms with Crippen molar-refractivity contribution in [2.75, 3.05) is 6.61 Å². The molecule has 1 unspecified atom stereocenters. The molecule has 0 bridgehead atoms. The minimum atomic E-state index is -0.531. The topological polar surface area (TPSA) is 69.9 Å². The highest BCUT2D eigenvalue weighted by atomic mass is 16.5. The van der Waals surface area contributed by atoms with Crippen LogP contribution in [-0.2, 0) is 9.53 Å². The molecule has 1 aromatic carbocycles. The second kappa shape index (κ2) is 5.12. The predicted molar refractivity (Wildman–Crippen MR) is 78.9 cm³/mol. The summed E-state index contributed by atoms with van der Waals surface area (Å²) in [5.41, 5.74) is 3.66. The van der Waals surface area contributed by atoms with Gasteiger partial charge in [0.2, 0.25) is 0 Å². The van der Waals surface area contributed by atoms with E-state index < -0.39 is 6.04 Å². The Morgan fingerprint density at radius 2 is 1.95 bits per heavy atom.